The first-order valence-electron chi connectivity index (χ1n) is 5.67. The number of halogens is 3. The zero-order chi connectivity index (χ0) is 12.3. The molecule has 0 spiro atoms. The zero-order valence-electron chi connectivity index (χ0n) is 9.94. The molecule has 18 heavy (non-hydrogen) atoms. The highest BCUT2D eigenvalue weighted by Crippen LogP contribution is 2.20. The second-order valence-electron chi connectivity index (χ2n) is 4.20. The van der Waals surface area contributed by atoms with E-state index in [0.29, 0.717) is 24.7 Å². The van der Waals surface area contributed by atoms with E-state index in [1.165, 1.54) is 12.1 Å². The molecule has 1 unspecified atom stereocenters. The summed E-state index contributed by atoms with van der Waals surface area (Å²) >= 11 is 6.00. The number of benzene rings is 1. The molecule has 1 atom stereocenters. The molecule has 0 aliphatic carbocycles. The molecule has 1 saturated heterocycles. The zero-order valence-corrected chi connectivity index (χ0v) is 11.5. The van der Waals surface area contributed by atoms with Crippen LogP contribution in [0.2, 0.25) is 5.02 Å². The summed E-state index contributed by atoms with van der Waals surface area (Å²) in [6.45, 7) is 3.56. The molecule has 102 valence electrons. The van der Waals surface area contributed by atoms with E-state index in [1.54, 1.807) is 6.07 Å². The fraction of sp³-hybridized carbons (Fsp3) is 0.500. The standard InChI is InChI=1S/C12H16ClFN2O.ClH/c13-12-5-10(14)2-1-9(12)7-16-3-4-17-11(6-15)8-16;/h1-2,5,11H,3-4,6-8,15H2;1H. The topological polar surface area (TPSA) is 38.5 Å². The van der Waals surface area contributed by atoms with Crippen LogP contribution in [0.15, 0.2) is 18.2 Å². The summed E-state index contributed by atoms with van der Waals surface area (Å²) < 4.78 is 18.4. The Bertz CT molecular complexity index is 392. The summed E-state index contributed by atoms with van der Waals surface area (Å²) in [5, 5.41) is 0.473. The van der Waals surface area contributed by atoms with Crippen LogP contribution in [0.1, 0.15) is 5.56 Å². The van der Waals surface area contributed by atoms with Gasteiger partial charge in [0, 0.05) is 31.2 Å². The molecule has 0 amide bonds. The van der Waals surface area contributed by atoms with Gasteiger partial charge in [0.15, 0.2) is 0 Å². The molecule has 2 rings (SSSR count). The Morgan fingerprint density at radius 2 is 2.28 bits per heavy atom. The molecule has 1 fully saturated rings. The third kappa shape index (κ3) is 4.07. The van der Waals surface area contributed by atoms with Crippen molar-refractivity contribution in [3.8, 4) is 0 Å². The SMILES string of the molecule is Cl.NCC1CN(Cc2ccc(F)cc2Cl)CCO1. The number of hydrogen-bond acceptors (Lipinski definition) is 3. The van der Waals surface area contributed by atoms with Gasteiger partial charge in [-0.1, -0.05) is 17.7 Å². The van der Waals surface area contributed by atoms with Crippen LogP contribution in [0.4, 0.5) is 4.39 Å². The van der Waals surface area contributed by atoms with Crippen molar-refractivity contribution in [3.63, 3.8) is 0 Å². The summed E-state index contributed by atoms with van der Waals surface area (Å²) in [5.41, 5.74) is 6.52. The van der Waals surface area contributed by atoms with Crippen LogP contribution in [-0.4, -0.2) is 37.2 Å². The van der Waals surface area contributed by atoms with Crippen molar-refractivity contribution in [1.82, 2.24) is 4.90 Å². The van der Waals surface area contributed by atoms with Gasteiger partial charge in [-0.2, -0.15) is 0 Å². The second-order valence-corrected chi connectivity index (χ2v) is 4.61. The van der Waals surface area contributed by atoms with Gasteiger partial charge in [0.2, 0.25) is 0 Å². The number of morpholine rings is 1. The molecule has 1 aromatic rings. The van der Waals surface area contributed by atoms with E-state index in [4.69, 9.17) is 22.1 Å². The lowest BCUT2D eigenvalue weighted by atomic mass is 10.2. The average Bonchev–Trinajstić information content (AvgIpc) is 2.33. The van der Waals surface area contributed by atoms with Gasteiger partial charge < -0.3 is 10.5 Å². The fourth-order valence-corrected chi connectivity index (χ4v) is 2.18. The van der Waals surface area contributed by atoms with Crippen LogP contribution in [0.3, 0.4) is 0 Å². The Hall–Kier alpha value is -0.390. The maximum atomic E-state index is 12.9. The van der Waals surface area contributed by atoms with Gasteiger partial charge in [0.1, 0.15) is 5.82 Å². The minimum Gasteiger partial charge on any atom is -0.374 e. The largest absolute Gasteiger partial charge is 0.374 e. The Morgan fingerprint density at radius 3 is 2.94 bits per heavy atom. The third-order valence-electron chi connectivity index (χ3n) is 2.89. The first kappa shape index (κ1) is 15.7. The van der Waals surface area contributed by atoms with Crippen molar-refractivity contribution >= 4 is 24.0 Å². The number of rotatable bonds is 3. The van der Waals surface area contributed by atoms with Gasteiger partial charge in [-0.15, -0.1) is 12.4 Å². The first-order chi connectivity index (χ1) is 8.19. The van der Waals surface area contributed by atoms with E-state index >= 15 is 0 Å². The van der Waals surface area contributed by atoms with E-state index in [0.717, 1.165) is 18.7 Å². The van der Waals surface area contributed by atoms with Gasteiger partial charge in [-0.3, -0.25) is 4.90 Å². The lowest BCUT2D eigenvalue weighted by molar-refractivity contribution is -0.0260. The summed E-state index contributed by atoms with van der Waals surface area (Å²) in [7, 11) is 0. The van der Waals surface area contributed by atoms with Crippen molar-refractivity contribution in [2.45, 2.75) is 12.6 Å². The molecular weight excluding hydrogens is 278 g/mol. The Morgan fingerprint density at radius 1 is 1.50 bits per heavy atom. The Kier molecular flexibility index (Phi) is 6.32. The Balaban J connectivity index is 0.00000162. The number of nitrogens with two attached hydrogens (primary N) is 1. The normalized spacial score (nSPS) is 20.5. The minimum absolute atomic E-state index is 0. The lowest BCUT2D eigenvalue weighted by Gasteiger charge is -2.32. The summed E-state index contributed by atoms with van der Waals surface area (Å²) in [6.07, 6.45) is 0.0861. The van der Waals surface area contributed by atoms with Crippen LogP contribution in [0, 0.1) is 5.82 Å². The molecule has 1 aromatic carbocycles. The van der Waals surface area contributed by atoms with Crippen molar-refractivity contribution in [1.29, 1.82) is 0 Å². The number of nitrogens with zero attached hydrogens (tertiary/aromatic N) is 1. The molecule has 1 aliphatic heterocycles. The summed E-state index contributed by atoms with van der Waals surface area (Å²) in [6, 6.07) is 4.50. The summed E-state index contributed by atoms with van der Waals surface area (Å²) in [4.78, 5) is 2.22. The maximum absolute atomic E-state index is 12.9. The fourth-order valence-electron chi connectivity index (χ4n) is 1.96. The predicted octanol–water partition coefficient (Wildman–Crippen LogP) is 2.06. The smallest absolute Gasteiger partial charge is 0.124 e. The van der Waals surface area contributed by atoms with Crippen LogP contribution in [0.25, 0.3) is 0 Å². The molecular formula is C12H17Cl2FN2O. The highest BCUT2D eigenvalue weighted by Gasteiger charge is 2.19. The second kappa shape index (κ2) is 7.26. The van der Waals surface area contributed by atoms with Crippen molar-refractivity contribution in [3.05, 3.63) is 34.6 Å². The molecule has 1 aliphatic rings. The monoisotopic (exact) mass is 294 g/mol. The van der Waals surface area contributed by atoms with E-state index in [9.17, 15) is 4.39 Å². The van der Waals surface area contributed by atoms with Crippen LogP contribution in [-0.2, 0) is 11.3 Å². The van der Waals surface area contributed by atoms with Crippen LogP contribution < -0.4 is 5.73 Å². The van der Waals surface area contributed by atoms with E-state index in [-0.39, 0.29) is 24.3 Å². The minimum atomic E-state index is -0.305. The quantitative estimate of drug-likeness (QED) is 0.927. The molecule has 0 saturated carbocycles. The van der Waals surface area contributed by atoms with Crippen molar-refractivity contribution in [2.24, 2.45) is 5.73 Å². The molecule has 1 heterocycles. The number of ether oxygens (including phenoxy) is 1. The predicted molar refractivity (Wildman–Crippen MR) is 72.7 cm³/mol. The highest BCUT2D eigenvalue weighted by molar-refractivity contribution is 6.31. The van der Waals surface area contributed by atoms with Crippen LogP contribution >= 0.6 is 24.0 Å². The molecule has 0 radical (unpaired) electrons. The number of hydrogen-bond donors (Lipinski definition) is 1. The molecule has 0 aromatic heterocycles. The molecule has 3 nitrogen and oxygen atoms in total. The van der Waals surface area contributed by atoms with Crippen molar-refractivity contribution < 1.29 is 9.13 Å². The molecule has 6 heteroatoms. The third-order valence-corrected chi connectivity index (χ3v) is 3.25. The van der Waals surface area contributed by atoms with Gasteiger partial charge in [-0.25, -0.2) is 4.39 Å². The van der Waals surface area contributed by atoms with Gasteiger partial charge in [0.05, 0.1) is 12.7 Å². The van der Waals surface area contributed by atoms with Gasteiger partial charge in [0.25, 0.3) is 0 Å². The van der Waals surface area contributed by atoms with Gasteiger partial charge >= 0.3 is 0 Å². The maximum Gasteiger partial charge on any atom is 0.124 e. The average molecular weight is 295 g/mol. The van der Waals surface area contributed by atoms with Crippen molar-refractivity contribution in [2.75, 3.05) is 26.2 Å². The van der Waals surface area contributed by atoms with Crippen LogP contribution in [0.5, 0.6) is 0 Å². The van der Waals surface area contributed by atoms with E-state index in [1.807, 2.05) is 0 Å². The van der Waals surface area contributed by atoms with Gasteiger partial charge in [-0.05, 0) is 17.7 Å². The highest BCUT2D eigenvalue weighted by atomic mass is 35.5. The Labute approximate surface area is 117 Å². The molecule has 2 N–H and O–H groups in total. The summed E-state index contributed by atoms with van der Waals surface area (Å²) in [5.74, 6) is -0.305. The van der Waals surface area contributed by atoms with E-state index in [2.05, 4.69) is 4.90 Å². The molecule has 0 bridgehead atoms. The lowest BCUT2D eigenvalue weighted by Crippen LogP contribution is -2.45. The van der Waals surface area contributed by atoms with E-state index < -0.39 is 0 Å². The first-order valence-corrected chi connectivity index (χ1v) is 6.05.